The molecule has 2 atom stereocenters. The number of hydrogen-bond donors (Lipinski definition) is 4. The summed E-state index contributed by atoms with van der Waals surface area (Å²) >= 11 is 0. The van der Waals surface area contributed by atoms with Gasteiger partial charge in [0.25, 0.3) is 0 Å². The molecule has 0 saturated carbocycles. The monoisotopic (exact) mass is 462 g/mol. The normalized spacial score (nSPS) is 13.8. The zero-order valence-electron chi connectivity index (χ0n) is 18.9. The lowest BCUT2D eigenvalue weighted by Gasteiger charge is -2.22. The lowest BCUT2D eigenvalue weighted by molar-refractivity contribution is -0.179. The van der Waals surface area contributed by atoms with E-state index in [1.807, 2.05) is 0 Å². The van der Waals surface area contributed by atoms with Gasteiger partial charge >= 0.3 is 23.9 Å². The van der Waals surface area contributed by atoms with Gasteiger partial charge in [-0.2, -0.15) is 0 Å². The molecule has 0 aromatic carbocycles. The van der Waals surface area contributed by atoms with Crippen LogP contribution in [0.3, 0.4) is 0 Å². The van der Waals surface area contributed by atoms with E-state index in [1.54, 1.807) is 0 Å². The molecule has 0 saturated heterocycles. The van der Waals surface area contributed by atoms with Crippen molar-refractivity contribution in [1.82, 2.24) is 0 Å². The highest BCUT2D eigenvalue weighted by Crippen LogP contribution is 2.19. The molecule has 0 aliphatic carbocycles. The molecular formula is C22H38O10. The summed E-state index contributed by atoms with van der Waals surface area (Å²) in [6.07, 6.45) is 7.34. The van der Waals surface area contributed by atoms with Gasteiger partial charge in [0.1, 0.15) is 0 Å². The number of aliphatic hydroxyl groups excluding tert-OH is 3. The van der Waals surface area contributed by atoms with Crippen molar-refractivity contribution in [1.29, 1.82) is 0 Å². The van der Waals surface area contributed by atoms with Gasteiger partial charge in [0, 0.05) is 0 Å². The Hall–Kier alpha value is -1.88. The van der Waals surface area contributed by atoms with Gasteiger partial charge in [-0.3, -0.25) is 9.59 Å². The van der Waals surface area contributed by atoms with Crippen LogP contribution in [0.4, 0.5) is 0 Å². The average molecular weight is 463 g/mol. The zero-order chi connectivity index (χ0) is 24.4. The maximum absolute atomic E-state index is 12.1. The molecule has 0 rings (SSSR count). The van der Waals surface area contributed by atoms with E-state index in [-0.39, 0.29) is 6.42 Å². The predicted octanol–water partition coefficient (Wildman–Crippen LogP) is 1.29. The molecule has 4 N–H and O–H groups in total. The number of rotatable bonds is 18. The van der Waals surface area contributed by atoms with Crippen LogP contribution in [0, 0.1) is 0 Å². The number of unbranched alkanes of at least 4 members (excludes halogenated alkanes) is 9. The highest BCUT2D eigenvalue weighted by atomic mass is 16.6. The molecule has 10 heteroatoms. The van der Waals surface area contributed by atoms with Crippen LogP contribution in [-0.4, -0.2) is 69.2 Å². The molecule has 0 bridgehead atoms. The first-order valence-electron chi connectivity index (χ1n) is 11.3. The molecule has 0 aliphatic rings. The van der Waals surface area contributed by atoms with Crippen molar-refractivity contribution in [2.45, 2.75) is 102 Å². The molecule has 10 nitrogen and oxygen atoms in total. The Morgan fingerprint density at radius 2 is 1.25 bits per heavy atom. The third-order valence-electron chi connectivity index (χ3n) is 4.98. The van der Waals surface area contributed by atoms with Crippen LogP contribution in [0.1, 0.15) is 90.4 Å². The molecule has 186 valence electrons. The molecule has 0 heterocycles. The van der Waals surface area contributed by atoms with E-state index >= 15 is 0 Å². The number of ether oxygens (including phenoxy) is 2. The number of carbonyl (C=O) groups excluding carboxylic acids is 4. The fourth-order valence-corrected chi connectivity index (χ4v) is 2.91. The smallest absolute Gasteiger partial charge is 0.348 e. The van der Waals surface area contributed by atoms with E-state index in [1.165, 1.54) is 32.1 Å². The summed E-state index contributed by atoms with van der Waals surface area (Å²) < 4.78 is 8.70. The van der Waals surface area contributed by atoms with Gasteiger partial charge < -0.3 is 29.9 Å². The van der Waals surface area contributed by atoms with Crippen LogP contribution in [0.5, 0.6) is 0 Å². The summed E-state index contributed by atoms with van der Waals surface area (Å²) in [7, 11) is 0. The van der Waals surface area contributed by atoms with Gasteiger partial charge in [0.2, 0.25) is 0 Å². The van der Waals surface area contributed by atoms with E-state index in [4.69, 9.17) is 10.2 Å². The number of carbonyl (C=O) groups is 4. The fraction of sp³-hybridized carbons (Fsp3) is 0.818. The molecule has 0 aliphatic heterocycles. The summed E-state index contributed by atoms with van der Waals surface area (Å²) in [6.45, 7) is 0.335. The SMILES string of the molecule is CCCCCCCCCCCCC(O)(CO)C(=O)OC(=O)CCC(=O)OC(=O)C(O)CO. The summed E-state index contributed by atoms with van der Waals surface area (Å²) in [4.78, 5) is 46.3. The second kappa shape index (κ2) is 17.6. The molecule has 0 spiro atoms. The molecule has 0 aromatic heterocycles. The van der Waals surface area contributed by atoms with Gasteiger partial charge in [0.05, 0.1) is 26.1 Å². The summed E-state index contributed by atoms with van der Waals surface area (Å²) in [5.41, 5.74) is -2.21. The molecule has 0 fully saturated rings. The highest BCUT2D eigenvalue weighted by Gasteiger charge is 2.38. The molecular weight excluding hydrogens is 424 g/mol. The summed E-state index contributed by atoms with van der Waals surface area (Å²) in [5, 5.41) is 37.2. The third kappa shape index (κ3) is 13.5. The first kappa shape index (κ1) is 30.1. The quantitative estimate of drug-likeness (QED) is 0.132. The second-order valence-electron chi connectivity index (χ2n) is 7.87. The van der Waals surface area contributed by atoms with Crippen molar-refractivity contribution in [3.63, 3.8) is 0 Å². The highest BCUT2D eigenvalue weighted by molar-refractivity contribution is 5.93. The topological polar surface area (TPSA) is 168 Å². The van der Waals surface area contributed by atoms with Gasteiger partial charge in [-0.1, -0.05) is 64.7 Å². The van der Waals surface area contributed by atoms with Crippen molar-refractivity contribution in [3.05, 3.63) is 0 Å². The van der Waals surface area contributed by atoms with Gasteiger partial charge in [0.15, 0.2) is 11.7 Å². The van der Waals surface area contributed by atoms with Crippen LogP contribution in [0.25, 0.3) is 0 Å². The first-order chi connectivity index (χ1) is 15.2. The van der Waals surface area contributed by atoms with Crippen molar-refractivity contribution in [3.8, 4) is 0 Å². The Kier molecular flexibility index (Phi) is 16.6. The second-order valence-corrected chi connectivity index (χ2v) is 7.87. The van der Waals surface area contributed by atoms with E-state index in [0.717, 1.165) is 25.7 Å². The minimum Gasteiger partial charge on any atom is -0.393 e. The van der Waals surface area contributed by atoms with Crippen molar-refractivity contribution in [2.24, 2.45) is 0 Å². The Balaban J connectivity index is 4.15. The van der Waals surface area contributed by atoms with Crippen LogP contribution in [0.15, 0.2) is 0 Å². The lowest BCUT2D eigenvalue weighted by Crippen LogP contribution is -2.44. The van der Waals surface area contributed by atoms with Crippen molar-refractivity contribution in [2.75, 3.05) is 13.2 Å². The number of esters is 4. The van der Waals surface area contributed by atoms with Crippen molar-refractivity contribution < 1.29 is 49.1 Å². The predicted molar refractivity (Wildman–Crippen MR) is 113 cm³/mol. The molecule has 0 amide bonds. The lowest BCUT2D eigenvalue weighted by atomic mass is 9.96. The Morgan fingerprint density at radius 3 is 1.72 bits per heavy atom. The van der Waals surface area contributed by atoms with Gasteiger partial charge in [-0.05, 0) is 12.8 Å². The van der Waals surface area contributed by atoms with Gasteiger partial charge in [-0.25, -0.2) is 9.59 Å². The maximum Gasteiger partial charge on any atom is 0.348 e. The molecule has 2 unspecified atom stereocenters. The zero-order valence-corrected chi connectivity index (χ0v) is 18.9. The Morgan fingerprint density at radius 1 is 0.781 bits per heavy atom. The summed E-state index contributed by atoms with van der Waals surface area (Å²) in [5.74, 6) is -4.97. The van der Waals surface area contributed by atoms with Gasteiger partial charge in [-0.15, -0.1) is 0 Å². The summed E-state index contributed by atoms with van der Waals surface area (Å²) in [6, 6.07) is 0. The van der Waals surface area contributed by atoms with E-state index in [0.29, 0.717) is 6.42 Å². The Labute approximate surface area is 188 Å². The third-order valence-corrected chi connectivity index (χ3v) is 4.98. The van der Waals surface area contributed by atoms with Crippen LogP contribution < -0.4 is 0 Å². The Bertz CT molecular complexity index is 577. The number of aliphatic hydroxyl groups is 4. The maximum atomic E-state index is 12.1. The standard InChI is InChI=1S/C22H38O10/c1-2-3-4-5-6-7-8-9-10-11-14-22(30,16-24)21(29)32-19(27)13-12-18(26)31-20(28)17(25)15-23/h17,23-25,30H,2-16H2,1H3. The minimum atomic E-state index is -2.21. The molecule has 0 aromatic rings. The largest absolute Gasteiger partial charge is 0.393 e. The van der Waals surface area contributed by atoms with Crippen molar-refractivity contribution >= 4 is 23.9 Å². The van der Waals surface area contributed by atoms with Crippen LogP contribution >= 0.6 is 0 Å². The van der Waals surface area contributed by atoms with Crippen LogP contribution in [0.2, 0.25) is 0 Å². The first-order valence-corrected chi connectivity index (χ1v) is 11.3. The number of hydrogen-bond acceptors (Lipinski definition) is 10. The van der Waals surface area contributed by atoms with E-state index in [9.17, 15) is 29.4 Å². The van der Waals surface area contributed by atoms with E-state index in [2.05, 4.69) is 16.4 Å². The molecule has 32 heavy (non-hydrogen) atoms. The van der Waals surface area contributed by atoms with E-state index < -0.39 is 61.6 Å². The average Bonchev–Trinajstić information content (AvgIpc) is 2.77. The molecule has 0 radical (unpaired) electrons. The van der Waals surface area contributed by atoms with Crippen LogP contribution in [-0.2, 0) is 28.7 Å². The minimum absolute atomic E-state index is 0.0678. The fourth-order valence-electron chi connectivity index (χ4n) is 2.91.